The maximum Gasteiger partial charge on any atom is 0.130 e. The van der Waals surface area contributed by atoms with E-state index >= 15 is 0 Å². The van der Waals surface area contributed by atoms with E-state index in [1.807, 2.05) is 24.3 Å². The number of hydrogen-bond acceptors (Lipinski definition) is 1. The molecule has 1 nitrogen and oxygen atoms in total. The van der Waals surface area contributed by atoms with Gasteiger partial charge in [-0.3, -0.25) is 0 Å². The Bertz CT molecular complexity index is 246. The predicted molar refractivity (Wildman–Crippen MR) is 45.7 cm³/mol. The van der Waals surface area contributed by atoms with Crippen LogP contribution < -0.4 is 4.74 Å². The number of allylic oxidation sites excluding steroid dienone is 1. The van der Waals surface area contributed by atoms with Crippen LogP contribution in [0, 0.1) is 0 Å². The van der Waals surface area contributed by atoms with Crippen LogP contribution in [0.5, 0.6) is 5.75 Å². The first-order valence-corrected chi connectivity index (χ1v) is 3.36. The van der Waals surface area contributed by atoms with Gasteiger partial charge in [0, 0.05) is 39.7 Å². The summed E-state index contributed by atoms with van der Waals surface area (Å²) in [5.41, 5.74) is 1.27. The first-order valence-electron chi connectivity index (χ1n) is 3.36. The van der Waals surface area contributed by atoms with Crippen LogP contribution in [-0.4, -0.2) is 17.4 Å². The minimum absolute atomic E-state index is 0. The van der Waals surface area contributed by atoms with E-state index in [1.54, 1.807) is 6.26 Å². The Morgan fingerprint density at radius 3 is 2.67 bits per heavy atom. The Balaban J connectivity index is 0.000000605. The summed E-state index contributed by atoms with van der Waals surface area (Å²) in [6, 6.07) is 8.08. The molecule has 0 unspecified atom stereocenters. The van der Waals surface area contributed by atoms with Gasteiger partial charge in [0.2, 0.25) is 0 Å². The van der Waals surface area contributed by atoms with E-state index < -0.39 is 0 Å². The fourth-order valence-corrected chi connectivity index (χ4v) is 1.08. The largest absolute Gasteiger partial charge is 0.465 e. The summed E-state index contributed by atoms with van der Waals surface area (Å²) in [6.07, 6.45) is 4.75. The number of ether oxygens (including phenoxy) is 1. The van der Waals surface area contributed by atoms with Gasteiger partial charge in [0.05, 0.1) is 6.26 Å². The van der Waals surface area contributed by atoms with Crippen molar-refractivity contribution < 1.29 is 27.1 Å². The molecule has 0 bridgehead atoms. The maximum atomic E-state index is 5.24. The summed E-state index contributed by atoms with van der Waals surface area (Å²) in [5, 5.41) is 0. The second kappa shape index (κ2) is 5.64. The van der Waals surface area contributed by atoms with Crippen molar-refractivity contribution in [2.45, 2.75) is 6.42 Å². The van der Waals surface area contributed by atoms with Crippen LogP contribution in [0.1, 0.15) is 5.56 Å². The Hall–Kier alpha value is 0.0327. The molecule has 3 heteroatoms. The predicted octanol–water partition coefficient (Wildman–Crippen LogP) is 1.75. The zero-order valence-corrected chi connectivity index (χ0v) is 9.78. The Morgan fingerprint density at radius 2 is 1.92 bits per heavy atom. The molecule has 1 heterocycles. The molecule has 2 rings (SSSR count). The van der Waals surface area contributed by atoms with Crippen LogP contribution in [-0.2, 0) is 28.8 Å². The molecule has 0 atom stereocenters. The summed E-state index contributed by atoms with van der Waals surface area (Å²) in [6.45, 7) is 0. The molecule has 0 N–H and O–H groups in total. The third kappa shape index (κ3) is 2.52. The second-order valence-electron chi connectivity index (χ2n) is 2.30. The average molecular weight is 356 g/mol. The van der Waals surface area contributed by atoms with Gasteiger partial charge in [-0.15, -0.1) is 0 Å². The third-order valence-electron chi connectivity index (χ3n) is 1.60. The van der Waals surface area contributed by atoms with Gasteiger partial charge < -0.3 is 4.74 Å². The summed E-state index contributed by atoms with van der Waals surface area (Å²) < 4.78 is 5.24. The fraction of sp³-hybridized carbons (Fsp3) is 0.111. The average Bonchev–Trinajstić information content (AvgIpc) is 2.05. The Morgan fingerprint density at radius 1 is 1.17 bits per heavy atom. The van der Waals surface area contributed by atoms with Crippen LogP contribution >= 0.6 is 0 Å². The van der Waals surface area contributed by atoms with Crippen molar-refractivity contribution in [3.05, 3.63) is 42.2 Å². The first-order chi connectivity index (χ1) is 4.97. The van der Waals surface area contributed by atoms with Crippen molar-refractivity contribution in [2.75, 3.05) is 0 Å². The number of hydrogen-bond donors (Lipinski definition) is 0. The van der Waals surface area contributed by atoms with Crippen molar-refractivity contribution in [1.29, 1.82) is 0 Å². The summed E-state index contributed by atoms with van der Waals surface area (Å²) in [4.78, 5) is 0. The number of benzene rings is 1. The normalized spacial score (nSPS) is 11.7. The molecular formula is C9H8AlAuO. The van der Waals surface area contributed by atoms with Gasteiger partial charge in [0.25, 0.3) is 0 Å². The first kappa shape index (κ1) is 12.0. The van der Waals surface area contributed by atoms with Gasteiger partial charge in [0.1, 0.15) is 5.75 Å². The molecular weight excluding hydrogens is 348 g/mol. The molecule has 1 aliphatic rings. The van der Waals surface area contributed by atoms with Crippen LogP contribution in [0.15, 0.2) is 36.6 Å². The van der Waals surface area contributed by atoms with Crippen molar-refractivity contribution in [2.24, 2.45) is 0 Å². The zero-order valence-electron chi connectivity index (χ0n) is 6.46. The SMILES string of the molecule is C1=COc2ccccc2C1.[Al].[Au]. The van der Waals surface area contributed by atoms with Gasteiger partial charge in [-0.1, -0.05) is 18.2 Å². The molecule has 1 aliphatic heterocycles. The van der Waals surface area contributed by atoms with Crippen molar-refractivity contribution in [3.8, 4) is 5.75 Å². The van der Waals surface area contributed by atoms with Crippen LogP contribution in [0.25, 0.3) is 0 Å². The Kier molecular flexibility index (Phi) is 5.65. The van der Waals surface area contributed by atoms with E-state index in [2.05, 4.69) is 6.07 Å². The van der Waals surface area contributed by atoms with Crippen LogP contribution in [0.2, 0.25) is 0 Å². The molecule has 64 valence electrons. The Labute approximate surface area is 98.5 Å². The number of rotatable bonds is 0. The van der Waals surface area contributed by atoms with Crippen LogP contribution in [0.4, 0.5) is 0 Å². The molecule has 12 heavy (non-hydrogen) atoms. The summed E-state index contributed by atoms with van der Waals surface area (Å²) >= 11 is 0. The molecule has 1 aromatic rings. The zero-order chi connectivity index (χ0) is 6.81. The molecule has 0 spiro atoms. The van der Waals surface area contributed by atoms with Gasteiger partial charge in [-0.25, -0.2) is 0 Å². The van der Waals surface area contributed by atoms with Gasteiger partial charge in [-0.2, -0.15) is 0 Å². The topological polar surface area (TPSA) is 9.23 Å². The van der Waals surface area contributed by atoms with E-state index in [-0.39, 0.29) is 39.7 Å². The van der Waals surface area contributed by atoms with Crippen molar-refractivity contribution in [1.82, 2.24) is 0 Å². The summed E-state index contributed by atoms with van der Waals surface area (Å²) in [5.74, 6) is 0.991. The minimum Gasteiger partial charge on any atom is -0.465 e. The van der Waals surface area contributed by atoms with E-state index in [0.29, 0.717) is 0 Å². The molecule has 0 fully saturated rings. The molecule has 4 radical (unpaired) electrons. The van der Waals surface area contributed by atoms with E-state index in [4.69, 9.17) is 4.74 Å². The monoisotopic (exact) mass is 356 g/mol. The number of para-hydroxylation sites is 1. The maximum absolute atomic E-state index is 5.24. The van der Waals surface area contributed by atoms with E-state index in [0.717, 1.165) is 12.2 Å². The summed E-state index contributed by atoms with van der Waals surface area (Å²) in [7, 11) is 0. The molecule has 0 saturated carbocycles. The van der Waals surface area contributed by atoms with E-state index in [9.17, 15) is 0 Å². The molecule has 0 saturated heterocycles. The minimum atomic E-state index is 0. The van der Waals surface area contributed by atoms with Gasteiger partial charge >= 0.3 is 0 Å². The smallest absolute Gasteiger partial charge is 0.130 e. The van der Waals surface area contributed by atoms with Crippen molar-refractivity contribution >= 4 is 17.4 Å². The molecule has 1 aromatic carbocycles. The van der Waals surface area contributed by atoms with Crippen LogP contribution in [0.3, 0.4) is 0 Å². The van der Waals surface area contributed by atoms with Gasteiger partial charge in [0.15, 0.2) is 0 Å². The van der Waals surface area contributed by atoms with Gasteiger partial charge in [-0.05, 0) is 24.1 Å². The molecule has 0 aromatic heterocycles. The second-order valence-corrected chi connectivity index (χ2v) is 2.30. The van der Waals surface area contributed by atoms with E-state index in [1.165, 1.54) is 5.56 Å². The molecule has 0 aliphatic carbocycles. The molecule has 0 amide bonds. The third-order valence-corrected chi connectivity index (χ3v) is 1.60. The standard InChI is InChI=1S/C9H8O.Al.Au/c1-2-6-9-8(4-1)5-3-7-10-9;;/h1-4,6-7H,5H2;;. The quantitative estimate of drug-likeness (QED) is 0.644. The van der Waals surface area contributed by atoms with Crippen molar-refractivity contribution in [3.63, 3.8) is 0 Å². The number of fused-ring (bicyclic) bond motifs is 1. The fourth-order valence-electron chi connectivity index (χ4n) is 1.08.